The molecule has 0 unspecified atom stereocenters. The van der Waals surface area contributed by atoms with Crippen molar-refractivity contribution in [2.75, 3.05) is 24.7 Å². The molecule has 0 fully saturated rings. The van der Waals surface area contributed by atoms with Crippen molar-refractivity contribution in [3.8, 4) is 0 Å². The lowest BCUT2D eigenvalue weighted by Crippen LogP contribution is -2.26. The van der Waals surface area contributed by atoms with Crippen molar-refractivity contribution in [3.63, 3.8) is 0 Å². The highest BCUT2D eigenvalue weighted by Crippen LogP contribution is 2.40. The standard InChI is InChI=1S/C32H34N4.2H2O4S/c1-31(2)25-14-7-9-16-27(25)35(5)29(31)18-20-33-23-12-11-13-24(22-23)34-21-19-30-32(3,4)26-15-8-10-17-28(26)36(30)6;2*1-5(2,3)4/h7-22H,1-6H3;2*(H2,1,2,3,4). The topological polar surface area (TPSA) is 185 Å². The Morgan fingerprint density at radius 2 is 0.957 bits per heavy atom. The molecule has 0 aromatic heterocycles. The van der Waals surface area contributed by atoms with Gasteiger partial charge in [0.2, 0.25) is 32.2 Å². The van der Waals surface area contributed by atoms with Gasteiger partial charge in [-0.2, -0.15) is 9.15 Å². The lowest BCUT2D eigenvalue weighted by molar-refractivity contribution is -0.401. The zero-order valence-corrected chi connectivity index (χ0v) is 27.9. The first-order chi connectivity index (χ1) is 21.2. The van der Waals surface area contributed by atoms with Crippen molar-refractivity contribution in [1.29, 1.82) is 0 Å². The molecule has 2 heterocycles. The van der Waals surface area contributed by atoms with Gasteiger partial charge in [-0.05, 0) is 45.9 Å². The Bertz CT molecular complexity index is 1790. The summed E-state index contributed by atoms with van der Waals surface area (Å²) >= 11 is 0. The second kappa shape index (κ2) is 14.1. The maximum absolute atomic E-state index is 8.63. The minimum atomic E-state index is -4.92. The zero-order valence-electron chi connectivity index (χ0n) is 26.3. The van der Waals surface area contributed by atoms with Crippen LogP contribution in [0.3, 0.4) is 0 Å². The normalized spacial score (nSPS) is 16.4. The second-order valence-corrected chi connectivity index (χ2v) is 13.3. The van der Waals surface area contributed by atoms with Gasteiger partial charge in [0.1, 0.15) is 14.1 Å². The van der Waals surface area contributed by atoms with Crippen LogP contribution in [0.4, 0.5) is 22.7 Å². The zero-order chi connectivity index (χ0) is 34.5. The predicted molar refractivity (Wildman–Crippen MR) is 177 cm³/mol. The lowest BCUT2D eigenvalue weighted by atomic mass is 9.81. The molecule has 14 heteroatoms. The number of nitrogens with one attached hydrogen (secondary N) is 2. The molecule has 0 bridgehead atoms. The molecule has 0 spiro atoms. The molecule has 46 heavy (non-hydrogen) atoms. The maximum atomic E-state index is 8.63. The van der Waals surface area contributed by atoms with Crippen molar-refractivity contribution in [1.82, 2.24) is 0 Å². The number of rotatable bonds is 6. The fourth-order valence-corrected chi connectivity index (χ4v) is 5.74. The van der Waals surface area contributed by atoms with E-state index < -0.39 is 20.8 Å². The Kier molecular flexibility index (Phi) is 11.1. The van der Waals surface area contributed by atoms with Crippen molar-refractivity contribution in [3.05, 3.63) is 108 Å². The molecular formula is C32H38N4O8S2. The van der Waals surface area contributed by atoms with Crippen molar-refractivity contribution in [2.45, 2.75) is 38.5 Å². The van der Waals surface area contributed by atoms with E-state index in [4.69, 9.17) is 35.0 Å². The molecule has 3 aromatic carbocycles. The third-order valence-electron chi connectivity index (χ3n) is 7.73. The van der Waals surface area contributed by atoms with Crippen LogP contribution in [0.5, 0.6) is 0 Å². The Hall–Kier alpha value is -4.18. The van der Waals surface area contributed by atoms with E-state index in [1.807, 2.05) is 12.4 Å². The Morgan fingerprint density at radius 3 is 1.28 bits per heavy atom. The second-order valence-electron chi connectivity index (χ2n) is 11.6. The predicted octanol–water partition coefficient (Wildman–Crippen LogP) is 4.96. The maximum Gasteiger partial charge on any atom is 0.215 e. The Balaban J connectivity index is 0.000000503. The molecule has 4 N–H and O–H groups in total. The van der Waals surface area contributed by atoms with Gasteiger partial charge in [0.15, 0.2) is 11.4 Å². The van der Waals surface area contributed by atoms with Gasteiger partial charge in [0.25, 0.3) is 0 Å². The molecular weight excluding hydrogens is 633 g/mol. The Labute approximate surface area is 270 Å². The van der Waals surface area contributed by atoms with Gasteiger partial charge >= 0.3 is 0 Å². The SMILES string of the molecule is C[N+]1=C(/C=C/Nc2cccc(N/C=C/C3=[N+](C)c4ccccc4C3(C)C)c2)C(C)(C)c2ccccc21.O=S(=O)([O-])O.O=S(=O)([O-])O. The van der Waals surface area contributed by atoms with Crippen LogP contribution in [-0.2, 0) is 31.6 Å². The number of benzene rings is 3. The summed E-state index contributed by atoms with van der Waals surface area (Å²) in [7, 11) is -5.55. The molecule has 0 amide bonds. The molecule has 5 rings (SSSR count). The summed E-state index contributed by atoms with van der Waals surface area (Å²) < 4.78 is 70.2. The number of fused-ring (bicyclic) bond motifs is 2. The van der Waals surface area contributed by atoms with E-state index >= 15 is 0 Å². The van der Waals surface area contributed by atoms with Crippen LogP contribution < -0.4 is 10.6 Å². The van der Waals surface area contributed by atoms with Gasteiger partial charge in [-0.25, -0.2) is 16.8 Å². The summed E-state index contributed by atoms with van der Waals surface area (Å²) in [6, 6.07) is 25.6. The van der Waals surface area contributed by atoms with Gasteiger partial charge in [0.05, 0.1) is 10.8 Å². The van der Waals surface area contributed by atoms with Crippen LogP contribution in [0.1, 0.15) is 38.8 Å². The highest BCUT2D eigenvalue weighted by molar-refractivity contribution is 7.80. The number of anilines is 2. The van der Waals surface area contributed by atoms with Crippen LogP contribution >= 0.6 is 0 Å². The molecule has 3 aromatic rings. The minimum absolute atomic E-state index is 0.0315. The van der Waals surface area contributed by atoms with Crippen LogP contribution in [0, 0.1) is 0 Å². The number of nitrogens with zero attached hydrogens (tertiary/aromatic N) is 2. The summed E-state index contributed by atoms with van der Waals surface area (Å²) in [5, 5.41) is 6.91. The van der Waals surface area contributed by atoms with E-state index in [-0.39, 0.29) is 10.8 Å². The van der Waals surface area contributed by atoms with Crippen LogP contribution in [0.25, 0.3) is 0 Å². The van der Waals surface area contributed by atoms with Gasteiger partial charge < -0.3 is 19.7 Å². The summed E-state index contributed by atoms with van der Waals surface area (Å²) in [5.41, 5.74) is 9.84. The molecule has 12 nitrogen and oxygen atoms in total. The number of hydrogen-bond donors (Lipinski definition) is 4. The van der Waals surface area contributed by atoms with Gasteiger partial charge in [-0.3, -0.25) is 9.11 Å². The van der Waals surface area contributed by atoms with Crippen molar-refractivity contribution in [2.24, 2.45) is 0 Å². The highest BCUT2D eigenvalue weighted by atomic mass is 32.3. The van der Waals surface area contributed by atoms with Gasteiger partial charge in [0, 0.05) is 59.2 Å². The highest BCUT2D eigenvalue weighted by Gasteiger charge is 2.43. The number of hydrogen-bond acceptors (Lipinski definition) is 8. The lowest BCUT2D eigenvalue weighted by Gasteiger charge is -2.15. The first-order valence-electron chi connectivity index (χ1n) is 14.0. The third-order valence-corrected chi connectivity index (χ3v) is 7.73. The average molecular weight is 671 g/mol. The van der Waals surface area contributed by atoms with Crippen LogP contribution in [-0.4, -0.2) is 69.7 Å². The summed E-state index contributed by atoms with van der Waals surface area (Å²) in [6.45, 7) is 9.13. The number of allylic oxidation sites excluding steroid dienone is 2. The van der Waals surface area contributed by atoms with Crippen LogP contribution in [0.2, 0.25) is 0 Å². The number of para-hydroxylation sites is 2. The Morgan fingerprint density at radius 1 is 0.630 bits per heavy atom. The van der Waals surface area contributed by atoms with Crippen molar-refractivity contribution < 1.29 is 44.2 Å². The monoisotopic (exact) mass is 670 g/mol. The molecule has 246 valence electrons. The van der Waals surface area contributed by atoms with E-state index in [9.17, 15) is 0 Å². The van der Waals surface area contributed by atoms with Gasteiger partial charge in [-0.15, -0.1) is 0 Å². The largest absolute Gasteiger partial charge is 0.726 e. The van der Waals surface area contributed by atoms with Crippen LogP contribution in [0.15, 0.2) is 97.3 Å². The molecule has 0 saturated heterocycles. The van der Waals surface area contributed by atoms with Gasteiger partial charge in [-0.1, -0.05) is 42.5 Å². The first-order valence-corrected chi connectivity index (χ1v) is 16.7. The average Bonchev–Trinajstić information content (AvgIpc) is 3.26. The minimum Gasteiger partial charge on any atom is -0.726 e. The van der Waals surface area contributed by atoms with E-state index in [1.54, 1.807) is 0 Å². The fraction of sp³-hybridized carbons (Fsp3) is 0.250. The van der Waals surface area contributed by atoms with E-state index in [2.05, 4.69) is 147 Å². The van der Waals surface area contributed by atoms with E-state index in [0.717, 1.165) is 11.4 Å². The van der Waals surface area contributed by atoms with E-state index in [1.165, 1.54) is 33.9 Å². The molecule has 2 aliphatic rings. The van der Waals surface area contributed by atoms with Crippen molar-refractivity contribution >= 4 is 55.0 Å². The summed E-state index contributed by atoms with van der Waals surface area (Å²) in [6.07, 6.45) is 8.45. The third kappa shape index (κ3) is 9.42. The molecule has 0 atom stereocenters. The summed E-state index contributed by atoms with van der Waals surface area (Å²) in [5.74, 6) is 0. The molecule has 0 aliphatic carbocycles. The first kappa shape index (κ1) is 36.3. The molecule has 0 radical (unpaired) electrons. The molecule has 2 aliphatic heterocycles. The smallest absolute Gasteiger partial charge is 0.215 e. The molecule has 0 saturated carbocycles. The fourth-order valence-electron chi connectivity index (χ4n) is 5.74. The van der Waals surface area contributed by atoms with E-state index in [0.29, 0.717) is 0 Å². The quantitative estimate of drug-likeness (QED) is 0.159. The summed E-state index contributed by atoms with van der Waals surface area (Å²) in [4.78, 5) is 0.